The van der Waals surface area contributed by atoms with Crippen LogP contribution in [0.25, 0.3) is 11.4 Å². The molecule has 0 saturated carbocycles. The first-order valence-electron chi connectivity index (χ1n) is 10.6. The molecule has 0 aliphatic heterocycles. The Morgan fingerprint density at radius 1 is 0.903 bits per heavy atom. The van der Waals surface area contributed by atoms with Gasteiger partial charge < -0.3 is 9.47 Å². The highest BCUT2D eigenvalue weighted by atomic mass is 16.7. The third-order valence-corrected chi connectivity index (χ3v) is 4.88. The van der Waals surface area contributed by atoms with Gasteiger partial charge in [-0.25, -0.2) is 9.36 Å². The topological polar surface area (TPSA) is 62.5 Å². The maximum absolute atomic E-state index is 13.5. The number of carbonyl (C=O) groups excluding carboxylic acids is 1. The van der Waals surface area contributed by atoms with Crippen LogP contribution in [0, 0.1) is 5.41 Å². The van der Waals surface area contributed by atoms with Crippen LogP contribution < -0.4 is 10.3 Å². The second-order valence-corrected chi connectivity index (χ2v) is 8.43. The van der Waals surface area contributed by atoms with Crippen LogP contribution in [0.15, 0.2) is 65.5 Å². The molecule has 3 rings (SSSR count). The van der Waals surface area contributed by atoms with Crippen LogP contribution in [0.1, 0.15) is 46.1 Å². The molecule has 0 radical (unpaired) electrons. The van der Waals surface area contributed by atoms with Gasteiger partial charge in [0.2, 0.25) is 12.7 Å². The molecular weight excluding hydrogens is 392 g/mol. The lowest BCUT2D eigenvalue weighted by molar-refractivity contribution is -0.159. The zero-order valence-electron chi connectivity index (χ0n) is 18.6. The molecule has 164 valence electrons. The quantitative estimate of drug-likeness (QED) is 0.383. The fourth-order valence-corrected chi connectivity index (χ4v) is 3.20. The molecule has 0 saturated heterocycles. The predicted octanol–water partition coefficient (Wildman–Crippen LogP) is 4.90. The van der Waals surface area contributed by atoms with Crippen LogP contribution in [0.4, 0.5) is 0 Å². The highest BCUT2D eigenvalue weighted by Crippen LogP contribution is 2.26. The zero-order chi connectivity index (χ0) is 22.4. The second-order valence-electron chi connectivity index (χ2n) is 8.43. The lowest BCUT2D eigenvalue weighted by atomic mass is 9.98. The fraction of sp³-hybridized carbons (Fsp3) is 0.360. The van der Waals surface area contributed by atoms with Crippen LogP contribution in [0.5, 0.6) is 5.88 Å². The number of hydrogen-bond donors (Lipinski definition) is 0. The monoisotopic (exact) mass is 422 g/mol. The van der Waals surface area contributed by atoms with Crippen molar-refractivity contribution in [3.8, 4) is 17.3 Å². The number of unbranched alkanes of at least 4 members (excludes halogenated alkanes) is 1. The minimum absolute atomic E-state index is 0.138. The summed E-state index contributed by atoms with van der Waals surface area (Å²) in [7, 11) is 0. The summed E-state index contributed by atoms with van der Waals surface area (Å²) < 4.78 is 14.7. The molecule has 0 fully saturated rings. The number of benzene rings is 2. The standard InChI is InChI=1S/C25H30N2O4/c1-5-6-17-21-22(28)26(19-13-9-7-10-14-19)27(20-15-11-8-12-16-20)23(21)30-18-31-24(29)25(2,3)4/h7-16H,5-6,17-18H2,1-4H3. The van der Waals surface area contributed by atoms with Crippen LogP contribution in [0.3, 0.4) is 0 Å². The van der Waals surface area contributed by atoms with Crippen molar-refractivity contribution in [2.75, 3.05) is 6.79 Å². The van der Waals surface area contributed by atoms with Gasteiger partial charge in [0.15, 0.2) is 0 Å². The minimum atomic E-state index is -0.635. The predicted molar refractivity (Wildman–Crippen MR) is 121 cm³/mol. The van der Waals surface area contributed by atoms with E-state index in [1.54, 1.807) is 30.1 Å². The molecular formula is C25H30N2O4. The number of aromatic nitrogens is 2. The molecule has 0 bridgehead atoms. The normalized spacial score (nSPS) is 11.4. The van der Waals surface area contributed by atoms with Crippen molar-refractivity contribution in [3.63, 3.8) is 0 Å². The van der Waals surface area contributed by atoms with Crippen molar-refractivity contribution in [3.05, 3.63) is 76.6 Å². The Labute approximate surface area is 183 Å². The van der Waals surface area contributed by atoms with E-state index in [0.29, 0.717) is 17.9 Å². The minimum Gasteiger partial charge on any atom is -0.440 e. The molecule has 0 amide bonds. The van der Waals surface area contributed by atoms with E-state index in [4.69, 9.17) is 9.47 Å². The highest BCUT2D eigenvalue weighted by Gasteiger charge is 2.26. The fourth-order valence-electron chi connectivity index (χ4n) is 3.20. The van der Waals surface area contributed by atoms with Gasteiger partial charge in [0.1, 0.15) is 0 Å². The molecule has 0 aliphatic carbocycles. The van der Waals surface area contributed by atoms with E-state index in [1.165, 1.54) is 0 Å². The van der Waals surface area contributed by atoms with Crippen molar-refractivity contribution in [1.29, 1.82) is 0 Å². The van der Waals surface area contributed by atoms with Gasteiger partial charge in [-0.05, 0) is 57.9 Å². The van der Waals surface area contributed by atoms with Crippen molar-refractivity contribution < 1.29 is 14.3 Å². The lowest BCUT2D eigenvalue weighted by Gasteiger charge is -2.18. The van der Waals surface area contributed by atoms with E-state index in [2.05, 4.69) is 6.92 Å². The SMILES string of the molecule is CCCCc1c(OCOC(=O)C(C)(C)C)n(-c2ccccc2)n(-c2ccccc2)c1=O. The smallest absolute Gasteiger partial charge is 0.314 e. The molecule has 31 heavy (non-hydrogen) atoms. The number of rotatable bonds is 8. The summed E-state index contributed by atoms with van der Waals surface area (Å²) in [5.41, 5.74) is 1.31. The third-order valence-electron chi connectivity index (χ3n) is 4.88. The average Bonchev–Trinajstić information content (AvgIpc) is 3.04. The van der Waals surface area contributed by atoms with E-state index in [1.807, 2.05) is 60.7 Å². The number of hydrogen-bond acceptors (Lipinski definition) is 4. The summed E-state index contributed by atoms with van der Waals surface area (Å²) in [6.07, 6.45) is 2.37. The molecule has 6 nitrogen and oxygen atoms in total. The van der Waals surface area contributed by atoms with Crippen molar-refractivity contribution in [1.82, 2.24) is 9.36 Å². The molecule has 3 aromatic rings. The summed E-state index contributed by atoms with van der Waals surface area (Å²) in [6, 6.07) is 19.0. The average molecular weight is 423 g/mol. The van der Waals surface area contributed by atoms with Crippen LogP contribution >= 0.6 is 0 Å². The first kappa shape index (κ1) is 22.4. The first-order valence-corrected chi connectivity index (χ1v) is 10.6. The third kappa shape index (κ3) is 5.08. The Morgan fingerprint density at radius 3 is 1.97 bits per heavy atom. The Hall–Kier alpha value is -3.28. The van der Waals surface area contributed by atoms with Gasteiger partial charge in [0, 0.05) is 0 Å². The summed E-state index contributed by atoms with van der Waals surface area (Å²) >= 11 is 0. The summed E-state index contributed by atoms with van der Waals surface area (Å²) in [5.74, 6) is 0.0360. The number of ether oxygens (including phenoxy) is 2. The molecule has 6 heteroatoms. The van der Waals surface area contributed by atoms with Gasteiger partial charge in [-0.1, -0.05) is 49.7 Å². The highest BCUT2D eigenvalue weighted by molar-refractivity contribution is 5.75. The molecule has 1 aromatic heterocycles. The molecule has 0 atom stereocenters. The van der Waals surface area contributed by atoms with Crippen molar-refractivity contribution in [2.24, 2.45) is 5.41 Å². The molecule has 1 heterocycles. The Kier molecular flexibility index (Phi) is 7.00. The lowest BCUT2D eigenvalue weighted by Crippen LogP contribution is -2.25. The van der Waals surface area contributed by atoms with Crippen molar-refractivity contribution >= 4 is 5.97 Å². The summed E-state index contributed by atoms with van der Waals surface area (Å²) in [6.45, 7) is 7.17. The second kappa shape index (κ2) is 9.69. The van der Waals surface area contributed by atoms with Crippen LogP contribution in [-0.4, -0.2) is 22.1 Å². The molecule has 0 N–H and O–H groups in total. The van der Waals surface area contributed by atoms with Crippen molar-refractivity contribution in [2.45, 2.75) is 47.0 Å². The molecule has 0 unspecified atom stereocenters. The van der Waals surface area contributed by atoms with Gasteiger partial charge in [-0.3, -0.25) is 9.59 Å². The van der Waals surface area contributed by atoms with Crippen LogP contribution in [0.2, 0.25) is 0 Å². The number of para-hydroxylation sites is 2. The molecule has 0 aliphatic rings. The van der Waals surface area contributed by atoms with Gasteiger partial charge in [-0.2, -0.15) is 0 Å². The number of nitrogens with zero attached hydrogens (tertiary/aromatic N) is 2. The van der Waals surface area contributed by atoms with E-state index >= 15 is 0 Å². The maximum atomic E-state index is 13.5. The van der Waals surface area contributed by atoms with E-state index in [0.717, 1.165) is 24.2 Å². The van der Waals surface area contributed by atoms with Gasteiger partial charge in [0.05, 0.1) is 22.4 Å². The number of esters is 1. The largest absolute Gasteiger partial charge is 0.440 e. The number of carbonyl (C=O) groups is 1. The Bertz CT molecular complexity index is 1060. The molecule has 2 aromatic carbocycles. The van der Waals surface area contributed by atoms with E-state index in [9.17, 15) is 9.59 Å². The summed E-state index contributed by atoms with van der Waals surface area (Å²) in [4.78, 5) is 25.7. The Morgan fingerprint density at radius 2 is 1.45 bits per heavy atom. The van der Waals surface area contributed by atoms with Gasteiger partial charge in [-0.15, -0.1) is 0 Å². The van der Waals surface area contributed by atoms with E-state index < -0.39 is 5.41 Å². The molecule has 0 spiro atoms. The zero-order valence-corrected chi connectivity index (χ0v) is 18.6. The summed E-state index contributed by atoms with van der Waals surface area (Å²) in [5, 5.41) is 0. The van der Waals surface area contributed by atoms with E-state index in [-0.39, 0.29) is 18.3 Å². The maximum Gasteiger partial charge on any atom is 0.314 e. The van der Waals surface area contributed by atoms with Crippen LogP contribution in [-0.2, 0) is 16.0 Å². The van der Waals surface area contributed by atoms with Gasteiger partial charge >= 0.3 is 5.97 Å². The Balaban J connectivity index is 2.12. The first-order chi connectivity index (χ1) is 14.8. The van der Waals surface area contributed by atoms with Gasteiger partial charge in [0.25, 0.3) is 5.56 Å².